The van der Waals surface area contributed by atoms with Gasteiger partial charge in [-0.15, -0.1) is 0 Å². The van der Waals surface area contributed by atoms with E-state index >= 15 is 0 Å². The Morgan fingerprint density at radius 2 is 2.33 bits per heavy atom. The largest absolute Gasteiger partial charge is 0.413 e. The number of nitrogens with two attached hydrogens (primary N) is 1. The number of hydrogen-bond donors (Lipinski definition) is 2. The quantitative estimate of drug-likeness (QED) is 0.294. The van der Waals surface area contributed by atoms with E-state index < -0.39 is 17.5 Å². The third-order valence-electron chi connectivity index (χ3n) is 2.02. The van der Waals surface area contributed by atoms with E-state index in [4.69, 9.17) is 10.5 Å². The summed E-state index contributed by atoms with van der Waals surface area (Å²) in [4.78, 5) is 22.0. The minimum Gasteiger partial charge on any atom is -0.413 e. The fourth-order valence-corrected chi connectivity index (χ4v) is 1.12. The molecule has 0 bridgehead atoms. The zero-order valence-corrected chi connectivity index (χ0v) is 8.63. The van der Waals surface area contributed by atoms with Crippen molar-refractivity contribution < 1.29 is 14.3 Å². The van der Waals surface area contributed by atoms with Gasteiger partial charge in [0.25, 0.3) is 11.6 Å². The van der Waals surface area contributed by atoms with Crippen LogP contribution in [0.15, 0.2) is 0 Å². The van der Waals surface area contributed by atoms with Crippen molar-refractivity contribution in [3.8, 4) is 12.0 Å². The summed E-state index contributed by atoms with van der Waals surface area (Å²) in [6.45, 7) is 2.05. The maximum absolute atomic E-state index is 11.2. The lowest BCUT2D eigenvalue weighted by Gasteiger charge is -2.15. The second-order valence-corrected chi connectivity index (χ2v) is 3.43. The number of unbranched alkanes of at least 4 members (excludes halogenated alkanes) is 2. The first kappa shape index (κ1) is 11.5. The topological polar surface area (TPSA) is 81.4 Å². The Kier molecular flexibility index (Phi) is 3.69. The zero-order valence-electron chi connectivity index (χ0n) is 8.63. The third-order valence-corrected chi connectivity index (χ3v) is 2.02. The van der Waals surface area contributed by atoms with Gasteiger partial charge in [-0.1, -0.05) is 19.3 Å². The third kappa shape index (κ3) is 2.96. The normalized spacial score (nSPS) is 24.4. The molecule has 1 aliphatic heterocycles. The second-order valence-electron chi connectivity index (χ2n) is 3.43. The number of carbonyl (C=O) groups excluding carboxylic acids is 2. The van der Waals surface area contributed by atoms with Gasteiger partial charge >= 0.3 is 0 Å². The molecule has 0 aromatic heterocycles. The van der Waals surface area contributed by atoms with Crippen LogP contribution in [0.2, 0.25) is 0 Å². The van der Waals surface area contributed by atoms with Gasteiger partial charge in [0.1, 0.15) is 6.11 Å². The number of hydrogen-bond acceptors (Lipinski definition) is 4. The Hall–Kier alpha value is -1.54. The highest BCUT2D eigenvalue weighted by atomic mass is 16.5. The van der Waals surface area contributed by atoms with Crippen molar-refractivity contribution in [1.29, 1.82) is 0 Å². The predicted molar refractivity (Wildman–Crippen MR) is 53.1 cm³/mol. The van der Waals surface area contributed by atoms with E-state index in [1.165, 1.54) is 0 Å². The molecule has 1 heterocycles. The Labute approximate surface area is 88.3 Å². The molecule has 0 aromatic rings. The van der Waals surface area contributed by atoms with Gasteiger partial charge in [-0.05, 0) is 6.42 Å². The molecule has 1 saturated heterocycles. The Morgan fingerprint density at radius 3 is 2.87 bits per heavy atom. The summed E-state index contributed by atoms with van der Waals surface area (Å²) in [5.41, 5.74) is 3.95. The van der Waals surface area contributed by atoms with Crippen molar-refractivity contribution in [2.75, 3.05) is 0 Å². The maximum Gasteiger partial charge on any atom is 0.287 e. The number of amides is 2. The SMILES string of the molecule is CCCCC#COC1(N)CC(=O)NC1=O. The summed E-state index contributed by atoms with van der Waals surface area (Å²) in [6.07, 6.45) is 4.90. The van der Waals surface area contributed by atoms with Crippen LogP contribution in [0.25, 0.3) is 0 Å². The van der Waals surface area contributed by atoms with E-state index in [-0.39, 0.29) is 6.42 Å². The van der Waals surface area contributed by atoms with Gasteiger partial charge in [0, 0.05) is 6.42 Å². The summed E-state index contributed by atoms with van der Waals surface area (Å²) >= 11 is 0. The zero-order chi connectivity index (χ0) is 11.3. The van der Waals surface area contributed by atoms with Crippen LogP contribution in [0, 0.1) is 12.0 Å². The van der Waals surface area contributed by atoms with Crippen LogP contribution in [-0.4, -0.2) is 17.5 Å². The van der Waals surface area contributed by atoms with Crippen LogP contribution in [-0.2, 0) is 14.3 Å². The van der Waals surface area contributed by atoms with Crippen molar-refractivity contribution in [1.82, 2.24) is 5.32 Å². The fourth-order valence-electron chi connectivity index (χ4n) is 1.12. The molecular weight excluding hydrogens is 196 g/mol. The van der Waals surface area contributed by atoms with E-state index in [9.17, 15) is 9.59 Å². The molecular formula is C10H14N2O3. The van der Waals surface area contributed by atoms with Crippen molar-refractivity contribution in [2.45, 2.75) is 38.3 Å². The lowest BCUT2D eigenvalue weighted by atomic mass is 10.2. The lowest BCUT2D eigenvalue weighted by Crippen LogP contribution is -2.48. The molecule has 1 atom stereocenters. The number of rotatable bonds is 3. The van der Waals surface area contributed by atoms with Gasteiger partial charge in [0.2, 0.25) is 5.91 Å². The average Bonchev–Trinajstić information content (AvgIpc) is 2.41. The first-order chi connectivity index (χ1) is 7.08. The maximum atomic E-state index is 11.2. The van der Waals surface area contributed by atoms with Crippen molar-refractivity contribution in [2.24, 2.45) is 5.73 Å². The molecule has 82 valence electrons. The molecule has 5 heteroatoms. The van der Waals surface area contributed by atoms with Gasteiger partial charge in [-0.3, -0.25) is 20.6 Å². The van der Waals surface area contributed by atoms with E-state index in [0.29, 0.717) is 6.42 Å². The monoisotopic (exact) mass is 210 g/mol. The minimum atomic E-state index is -1.60. The first-order valence-corrected chi connectivity index (χ1v) is 4.87. The van der Waals surface area contributed by atoms with Gasteiger partial charge in [0.15, 0.2) is 0 Å². The van der Waals surface area contributed by atoms with Crippen molar-refractivity contribution in [3.63, 3.8) is 0 Å². The minimum absolute atomic E-state index is 0.172. The molecule has 5 nitrogen and oxygen atoms in total. The standard InChI is InChI=1S/C10H14N2O3/c1-2-3-4-5-6-15-10(11)7-8(13)12-9(10)14/h2-4,7,11H2,1H3,(H,12,13,14). The van der Waals surface area contributed by atoms with Gasteiger partial charge in [-0.2, -0.15) is 0 Å². The van der Waals surface area contributed by atoms with E-state index in [0.717, 1.165) is 12.8 Å². The summed E-state index contributed by atoms with van der Waals surface area (Å²) in [6, 6.07) is 0. The number of imide groups is 1. The Bertz CT molecular complexity index is 329. The highest BCUT2D eigenvalue weighted by Gasteiger charge is 2.45. The summed E-state index contributed by atoms with van der Waals surface area (Å²) in [5.74, 6) is 1.67. The van der Waals surface area contributed by atoms with E-state index in [1.807, 2.05) is 0 Å². The van der Waals surface area contributed by atoms with Crippen LogP contribution >= 0.6 is 0 Å². The van der Waals surface area contributed by atoms with Gasteiger partial charge in [-0.25, -0.2) is 0 Å². The number of nitrogens with one attached hydrogen (secondary N) is 1. The lowest BCUT2D eigenvalue weighted by molar-refractivity contribution is -0.134. The molecule has 0 saturated carbocycles. The van der Waals surface area contributed by atoms with Crippen LogP contribution in [0.4, 0.5) is 0 Å². The van der Waals surface area contributed by atoms with Crippen molar-refractivity contribution >= 4 is 11.8 Å². The molecule has 0 aliphatic carbocycles. The van der Waals surface area contributed by atoms with Crippen molar-refractivity contribution in [3.05, 3.63) is 0 Å². The highest BCUT2D eigenvalue weighted by molar-refractivity contribution is 6.07. The molecule has 0 aromatic carbocycles. The van der Waals surface area contributed by atoms with Gasteiger partial charge < -0.3 is 4.74 Å². The van der Waals surface area contributed by atoms with Crippen LogP contribution in [0.5, 0.6) is 0 Å². The first-order valence-electron chi connectivity index (χ1n) is 4.87. The average molecular weight is 210 g/mol. The number of carbonyl (C=O) groups is 2. The fraction of sp³-hybridized carbons (Fsp3) is 0.600. The highest BCUT2D eigenvalue weighted by Crippen LogP contribution is 2.14. The summed E-state index contributed by atoms with van der Waals surface area (Å²) in [7, 11) is 0. The van der Waals surface area contributed by atoms with Crippen LogP contribution in [0.1, 0.15) is 32.6 Å². The van der Waals surface area contributed by atoms with Crippen LogP contribution < -0.4 is 11.1 Å². The smallest absolute Gasteiger partial charge is 0.287 e. The Balaban J connectivity index is 2.45. The molecule has 2 amide bonds. The van der Waals surface area contributed by atoms with Gasteiger partial charge in [0.05, 0.1) is 6.42 Å². The molecule has 0 spiro atoms. The molecule has 1 aliphatic rings. The molecule has 1 unspecified atom stereocenters. The molecule has 15 heavy (non-hydrogen) atoms. The second kappa shape index (κ2) is 4.80. The number of ether oxygens (including phenoxy) is 1. The molecule has 1 fully saturated rings. The predicted octanol–water partition coefficient (Wildman–Crippen LogP) is -0.144. The summed E-state index contributed by atoms with van der Waals surface area (Å²) in [5, 5.41) is 2.06. The Morgan fingerprint density at radius 1 is 1.60 bits per heavy atom. The van der Waals surface area contributed by atoms with Crippen LogP contribution in [0.3, 0.4) is 0 Å². The van der Waals surface area contributed by atoms with E-state index in [1.54, 1.807) is 0 Å². The summed E-state index contributed by atoms with van der Waals surface area (Å²) < 4.78 is 4.90. The van der Waals surface area contributed by atoms with E-state index in [2.05, 4.69) is 24.3 Å². The molecule has 0 radical (unpaired) electrons. The molecule has 1 rings (SSSR count). The molecule has 3 N–H and O–H groups in total.